The van der Waals surface area contributed by atoms with Crippen LogP contribution in [0.15, 0.2) is 5.11 Å². The van der Waals surface area contributed by atoms with Crippen LogP contribution in [0.2, 0.25) is 0 Å². The summed E-state index contributed by atoms with van der Waals surface area (Å²) in [6, 6.07) is -0.773. The van der Waals surface area contributed by atoms with Crippen molar-refractivity contribution < 1.29 is 114 Å². The molecule has 11 unspecified atom stereocenters. The number of aliphatic hydroxyl groups excluding tert-OH is 2. The van der Waals surface area contributed by atoms with Gasteiger partial charge in [-0.05, 0) is 18.9 Å². The molecular weight excluding hydrogens is 979 g/mol. The number of hydrogen-bond acceptors (Lipinski definition) is 25. The Morgan fingerprint density at radius 2 is 0.904 bits per heavy atom. The van der Waals surface area contributed by atoms with Gasteiger partial charge in [0.1, 0.15) is 104 Å². The normalized spacial score (nSPS) is 44.9. The van der Waals surface area contributed by atoms with Crippen LogP contribution in [0.1, 0.15) is 20.3 Å². The first-order valence-corrected chi connectivity index (χ1v) is 24.4. The number of rotatable bonds is 27. The van der Waals surface area contributed by atoms with Gasteiger partial charge in [-0.25, -0.2) is 0 Å². The SMILES string of the molecule is CCC(C)(O[C@@H]1O[C@@H](COC)[C@@H](O[C@H]2O[C@@H](COC)[C@@H](O[C@@H]3OC(COC)[C@@H](O[C@@H]4OC(CO)[C@@H](O)C(OC)[C@@H]4OC)C(OC)[C@@H]3OC)C(OC)C2OC)C(OC)C1OC)[C@H]1C2CO[C@H](O2)[C@@H](N=[N+]=[N-])C1OC. The molecule has 27 nitrogen and oxygen atoms in total. The number of methoxy groups -OCH3 is 12. The van der Waals surface area contributed by atoms with Crippen molar-refractivity contribution in [1.82, 2.24) is 0 Å². The number of hydrogen-bond donors (Lipinski definition) is 2. The lowest BCUT2D eigenvalue weighted by molar-refractivity contribution is -0.398. The minimum Gasteiger partial charge on any atom is -0.394 e. The predicted molar refractivity (Wildman–Crippen MR) is 246 cm³/mol. The lowest BCUT2D eigenvalue weighted by Crippen LogP contribution is -2.69. The maximum Gasteiger partial charge on any atom is 0.187 e. The van der Waals surface area contributed by atoms with Gasteiger partial charge in [0.05, 0.1) is 50.8 Å². The van der Waals surface area contributed by atoms with Crippen LogP contribution in [0.5, 0.6) is 0 Å². The van der Waals surface area contributed by atoms with E-state index >= 15 is 0 Å². The average Bonchev–Trinajstić information content (AvgIpc) is 3.82. The van der Waals surface area contributed by atoms with Crippen molar-refractivity contribution >= 4 is 0 Å². The second kappa shape index (κ2) is 28.3. The van der Waals surface area contributed by atoms with E-state index in [2.05, 4.69) is 10.0 Å². The number of fused-ring (bicyclic) bond motifs is 2. The molecule has 6 aliphatic rings. The maximum atomic E-state index is 10.9. The summed E-state index contributed by atoms with van der Waals surface area (Å²) in [5.74, 6) is -0.467. The lowest BCUT2D eigenvalue weighted by atomic mass is 9.75. The van der Waals surface area contributed by atoms with Gasteiger partial charge in [-0.15, -0.1) is 0 Å². The van der Waals surface area contributed by atoms with Gasteiger partial charge in [0.15, 0.2) is 31.5 Å². The van der Waals surface area contributed by atoms with Gasteiger partial charge in [0, 0.05) is 96.1 Å². The minimum absolute atomic E-state index is 0.00674. The fourth-order valence-corrected chi connectivity index (χ4v) is 11.3. The maximum absolute atomic E-state index is 10.9. The fourth-order valence-electron chi connectivity index (χ4n) is 11.3. The van der Waals surface area contributed by atoms with E-state index in [1.165, 1.54) is 78.2 Å². The van der Waals surface area contributed by atoms with Crippen molar-refractivity contribution in [2.75, 3.05) is 118 Å². The third kappa shape index (κ3) is 12.6. The molecule has 0 aromatic carbocycles. The second-order valence-corrected chi connectivity index (χ2v) is 18.7. The standard InChI is InChI=1S/C46H81N3O24/c1-15-46(2,26-22-20-64-41(66-22)27(48-49-47)32(26)55-6)73-45-40(63-14)36(59-10)31(25(69-45)19-54-5)72-44-39(62-13)35(58-9)30(24(68-44)18-53-4)71-43-38(61-12)34(57-8)29(23(67-43)17-52-3)70-42-37(60-11)33(56-7)28(51)21(16-50)65-42/h21-45,50-51H,15-20H2,1-14H3/t21?,22?,23?,24-,25-,26-,27-,28+,29+,30+,31+,32?,33?,34?,35?,36?,37-,38-,39?,40?,41+,42-,43-,44+,45-,46?/m0/s1. The molecule has 2 N–H and O–H groups in total. The summed E-state index contributed by atoms with van der Waals surface area (Å²) in [6.45, 7) is 3.64. The largest absolute Gasteiger partial charge is 0.394 e. The van der Waals surface area contributed by atoms with E-state index in [0.717, 1.165) is 0 Å². The Labute approximate surface area is 426 Å². The second-order valence-electron chi connectivity index (χ2n) is 18.7. The molecule has 73 heavy (non-hydrogen) atoms. The fraction of sp³-hybridized carbons (Fsp3) is 1.00. The Morgan fingerprint density at radius 3 is 1.27 bits per heavy atom. The van der Waals surface area contributed by atoms with Gasteiger partial charge >= 0.3 is 0 Å². The number of ether oxygens (including phenoxy) is 22. The number of azide groups is 1. The van der Waals surface area contributed by atoms with Gasteiger partial charge in [-0.3, -0.25) is 0 Å². The van der Waals surface area contributed by atoms with E-state index < -0.39 is 165 Å². The molecule has 0 amide bonds. The molecule has 26 atom stereocenters. The molecule has 2 bridgehead atoms. The average molecular weight is 1060 g/mol. The van der Waals surface area contributed by atoms with E-state index in [1.807, 2.05) is 13.8 Å². The van der Waals surface area contributed by atoms with Gasteiger partial charge in [-0.1, -0.05) is 12.0 Å². The molecule has 0 aliphatic carbocycles. The summed E-state index contributed by atoms with van der Waals surface area (Å²) in [5.41, 5.74) is 8.45. The van der Waals surface area contributed by atoms with Crippen molar-refractivity contribution in [3.05, 3.63) is 10.4 Å². The van der Waals surface area contributed by atoms with Crippen LogP contribution in [0.25, 0.3) is 10.4 Å². The first-order chi connectivity index (χ1) is 35.3. The molecule has 0 spiro atoms. The summed E-state index contributed by atoms with van der Waals surface area (Å²) < 4.78 is 137. The summed E-state index contributed by atoms with van der Waals surface area (Å²) in [5, 5.41) is 24.9. The summed E-state index contributed by atoms with van der Waals surface area (Å²) >= 11 is 0. The molecule has 27 heteroatoms. The smallest absolute Gasteiger partial charge is 0.187 e. The lowest BCUT2D eigenvalue weighted by Gasteiger charge is -2.53. The molecule has 0 saturated carbocycles. The van der Waals surface area contributed by atoms with Crippen LogP contribution < -0.4 is 0 Å². The molecule has 6 rings (SSSR count). The monoisotopic (exact) mass is 1060 g/mol. The quantitative estimate of drug-likeness (QED) is 0.0607. The van der Waals surface area contributed by atoms with Gasteiger partial charge in [0.25, 0.3) is 0 Å². The molecule has 6 aliphatic heterocycles. The van der Waals surface area contributed by atoms with Crippen molar-refractivity contribution in [3.63, 3.8) is 0 Å². The highest BCUT2D eigenvalue weighted by atomic mass is 16.8. The summed E-state index contributed by atoms with van der Waals surface area (Å²) in [7, 11) is 17.9. The topological polar surface area (TPSA) is 292 Å². The van der Waals surface area contributed by atoms with Crippen molar-refractivity contribution in [2.45, 2.75) is 173 Å². The van der Waals surface area contributed by atoms with Gasteiger partial charge < -0.3 is 114 Å². The van der Waals surface area contributed by atoms with E-state index in [1.54, 1.807) is 7.11 Å². The van der Waals surface area contributed by atoms with Crippen LogP contribution in [-0.4, -0.2) is 282 Å². The number of aliphatic hydroxyl groups is 2. The van der Waals surface area contributed by atoms with E-state index in [4.69, 9.17) is 104 Å². The molecule has 0 aromatic heterocycles. The molecule has 0 aromatic rings. The van der Waals surface area contributed by atoms with Crippen molar-refractivity contribution in [3.8, 4) is 0 Å². The Balaban J connectivity index is 1.24. The first-order valence-electron chi connectivity index (χ1n) is 24.4. The Hall–Kier alpha value is -1.65. The molecule has 6 fully saturated rings. The Kier molecular flexibility index (Phi) is 23.5. The van der Waals surface area contributed by atoms with Crippen LogP contribution in [0, 0.1) is 5.92 Å². The zero-order valence-corrected chi connectivity index (χ0v) is 44.4. The van der Waals surface area contributed by atoms with Gasteiger partial charge in [-0.2, -0.15) is 0 Å². The Bertz CT molecular complexity index is 1680. The molecular formula is C46H81N3O24. The Morgan fingerprint density at radius 1 is 0.521 bits per heavy atom. The first kappa shape index (κ1) is 60.6. The summed E-state index contributed by atoms with van der Waals surface area (Å²) in [4.78, 5) is 3.06. The van der Waals surface area contributed by atoms with Crippen LogP contribution in [0.3, 0.4) is 0 Å². The van der Waals surface area contributed by atoms with Crippen molar-refractivity contribution in [1.29, 1.82) is 0 Å². The van der Waals surface area contributed by atoms with Gasteiger partial charge in [0.2, 0.25) is 0 Å². The molecule has 6 saturated heterocycles. The minimum atomic E-state index is -1.21. The third-order valence-corrected chi connectivity index (χ3v) is 15.0. The highest BCUT2D eigenvalue weighted by Gasteiger charge is 2.61. The van der Waals surface area contributed by atoms with Crippen molar-refractivity contribution in [2.24, 2.45) is 11.0 Å². The highest BCUT2D eigenvalue weighted by Crippen LogP contribution is 2.46. The molecule has 6 heterocycles. The molecule has 424 valence electrons. The van der Waals surface area contributed by atoms with Crippen LogP contribution in [0.4, 0.5) is 0 Å². The third-order valence-electron chi connectivity index (χ3n) is 15.0. The summed E-state index contributed by atoms with van der Waals surface area (Å²) in [6.07, 6.45) is -20.9. The van der Waals surface area contributed by atoms with E-state index in [9.17, 15) is 15.7 Å². The zero-order chi connectivity index (χ0) is 53.1. The number of nitrogens with zero attached hydrogens (tertiary/aromatic N) is 3. The van der Waals surface area contributed by atoms with Crippen LogP contribution in [-0.2, 0) is 104 Å². The highest BCUT2D eigenvalue weighted by molar-refractivity contribution is 5.06. The van der Waals surface area contributed by atoms with E-state index in [0.29, 0.717) is 6.42 Å². The molecule has 0 radical (unpaired) electrons. The van der Waals surface area contributed by atoms with E-state index in [-0.39, 0.29) is 26.4 Å². The predicted octanol–water partition coefficient (Wildman–Crippen LogP) is -0.295. The zero-order valence-electron chi connectivity index (χ0n) is 44.4. The van der Waals surface area contributed by atoms with Crippen LogP contribution >= 0.6 is 0 Å².